The molecule has 1 N–H and O–H groups in total. The summed E-state index contributed by atoms with van der Waals surface area (Å²) in [7, 11) is 0. The van der Waals surface area contributed by atoms with Crippen LogP contribution in [0.3, 0.4) is 0 Å². The van der Waals surface area contributed by atoms with Gasteiger partial charge in [-0.1, -0.05) is 0 Å². The number of carboxylic acids is 1. The third kappa shape index (κ3) is 2.55. The number of aliphatic carboxylic acids is 1. The van der Waals surface area contributed by atoms with E-state index in [9.17, 15) is 9.59 Å². The van der Waals surface area contributed by atoms with Gasteiger partial charge in [0, 0.05) is 12.3 Å². The highest BCUT2D eigenvalue weighted by Gasteiger charge is 2.14. The fourth-order valence-electron chi connectivity index (χ4n) is 0.754. The first-order valence-electron chi connectivity index (χ1n) is 3.50. The molecule has 0 spiro atoms. The van der Waals surface area contributed by atoms with Crippen LogP contribution in [0.25, 0.3) is 0 Å². The molecule has 0 aliphatic carbocycles. The zero-order valence-electron chi connectivity index (χ0n) is 6.55. The van der Waals surface area contributed by atoms with E-state index >= 15 is 0 Å². The van der Waals surface area contributed by atoms with E-state index in [2.05, 4.69) is 5.10 Å². The normalized spacial score (nSPS) is 12.4. The Bertz CT molecular complexity index is 363. The first-order chi connectivity index (χ1) is 6.11. The van der Waals surface area contributed by atoms with Crippen molar-refractivity contribution < 1.29 is 9.90 Å². The van der Waals surface area contributed by atoms with Gasteiger partial charge in [-0.2, -0.15) is 5.10 Å². The highest BCUT2D eigenvalue weighted by molar-refractivity contribution is 6.29. The Balaban J connectivity index is 2.81. The molecule has 70 valence electrons. The van der Waals surface area contributed by atoms with Gasteiger partial charge in [0.05, 0.1) is 6.54 Å². The summed E-state index contributed by atoms with van der Waals surface area (Å²) < 4.78 is 1.01. The van der Waals surface area contributed by atoms with E-state index in [0.717, 1.165) is 4.68 Å². The lowest BCUT2D eigenvalue weighted by molar-refractivity contribution is -0.136. The monoisotopic (exact) mass is 202 g/mol. The van der Waals surface area contributed by atoms with Gasteiger partial charge in [-0.25, -0.2) is 4.68 Å². The van der Waals surface area contributed by atoms with Crippen LogP contribution in [-0.4, -0.2) is 26.2 Å². The Labute approximate surface area is 78.6 Å². The molecule has 13 heavy (non-hydrogen) atoms. The second-order valence-corrected chi connectivity index (χ2v) is 2.88. The summed E-state index contributed by atoms with van der Waals surface area (Å²) in [5.74, 6) is -1.17. The highest BCUT2D eigenvalue weighted by atomic mass is 35.5. The third-order valence-electron chi connectivity index (χ3n) is 1.39. The molecule has 1 heterocycles. The van der Waals surface area contributed by atoms with Gasteiger partial charge in [0.15, 0.2) is 5.38 Å². The van der Waals surface area contributed by atoms with Crippen molar-refractivity contribution in [1.82, 2.24) is 9.78 Å². The summed E-state index contributed by atoms with van der Waals surface area (Å²) in [6.45, 7) is -0.128. The Morgan fingerprint density at radius 2 is 2.46 bits per heavy atom. The minimum absolute atomic E-state index is 0.128. The van der Waals surface area contributed by atoms with Gasteiger partial charge >= 0.3 is 5.97 Å². The molecule has 1 rings (SSSR count). The van der Waals surface area contributed by atoms with Crippen LogP contribution in [0.1, 0.15) is 0 Å². The summed E-state index contributed by atoms with van der Waals surface area (Å²) in [6, 6.07) is 2.77. The predicted molar refractivity (Wildman–Crippen MR) is 45.8 cm³/mol. The molecule has 0 radical (unpaired) electrons. The molecule has 5 nitrogen and oxygen atoms in total. The van der Waals surface area contributed by atoms with Crippen molar-refractivity contribution in [3.63, 3.8) is 0 Å². The smallest absolute Gasteiger partial charge is 0.323 e. The SMILES string of the molecule is O=C(O)C(Cl)Cn1ncccc1=O. The van der Waals surface area contributed by atoms with Crippen molar-refractivity contribution >= 4 is 17.6 Å². The van der Waals surface area contributed by atoms with Crippen LogP contribution < -0.4 is 5.56 Å². The van der Waals surface area contributed by atoms with E-state index in [1.165, 1.54) is 18.3 Å². The van der Waals surface area contributed by atoms with Crippen LogP contribution in [0.2, 0.25) is 0 Å². The van der Waals surface area contributed by atoms with Crippen LogP contribution in [0.4, 0.5) is 0 Å². The molecule has 1 unspecified atom stereocenters. The molecule has 0 aliphatic heterocycles. The van der Waals surface area contributed by atoms with Gasteiger partial charge in [0.2, 0.25) is 0 Å². The number of alkyl halides is 1. The van der Waals surface area contributed by atoms with Crippen LogP contribution >= 0.6 is 11.6 Å². The Morgan fingerprint density at radius 3 is 3.00 bits per heavy atom. The number of nitrogens with zero attached hydrogens (tertiary/aromatic N) is 2. The molecular formula is C7H7ClN2O3. The van der Waals surface area contributed by atoms with Crippen LogP contribution in [0.5, 0.6) is 0 Å². The molecule has 0 saturated heterocycles. The number of carbonyl (C=O) groups is 1. The van der Waals surface area contributed by atoms with Gasteiger partial charge in [-0.3, -0.25) is 9.59 Å². The molecule has 1 aromatic rings. The second kappa shape index (κ2) is 4.04. The fourth-order valence-corrected chi connectivity index (χ4v) is 0.885. The van der Waals surface area contributed by atoms with Gasteiger partial charge in [0.25, 0.3) is 5.56 Å². The van der Waals surface area contributed by atoms with E-state index in [0.29, 0.717) is 0 Å². The number of halogens is 1. The molecular weight excluding hydrogens is 196 g/mol. The van der Waals surface area contributed by atoms with E-state index in [-0.39, 0.29) is 12.1 Å². The lowest BCUT2D eigenvalue weighted by atomic mass is 10.4. The Morgan fingerprint density at radius 1 is 1.77 bits per heavy atom. The summed E-state index contributed by atoms with van der Waals surface area (Å²) in [5.41, 5.74) is -0.366. The molecule has 0 bridgehead atoms. The van der Waals surface area contributed by atoms with Crippen molar-refractivity contribution in [2.45, 2.75) is 11.9 Å². The van der Waals surface area contributed by atoms with E-state index in [1.54, 1.807) is 0 Å². The average molecular weight is 203 g/mol. The maximum atomic E-state index is 11.0. The first-order valence-corrected chi connectivity index (χ1v) is 3.94. The zero-order valence-corrected chi connectivity index (χ0v) is 7.31. The van der Waals surface area contributed by atoms with Gasteiger partial charge in [-0.15, -0.1) is 11.6 Å². The Kier molecular flexibility index (Phi) is 3.02. The van der Waals surface area contributed by atoms with Crippen molar-refractivity contribution in [2.75, 3.05) is 0 Å². The lowest BCUT2D eigenvalue weighted by Crippen LogP contribution is -2.29. The molecule has 0 amide bonds. The molecule has 0 saturated carbocycles. The fraction of sp³-hybridized carbons (Fsp3) is 0.286. The molecule has 0 aromatic carbocycles. The van der Waals surface area contributed by atoms with Crippen LogP contribution in [-0.2, 0) is 11.3 Å². The molecule has 0 fully saturated rings. The van der Waals surface area contributed by atoms with Crippen LogP contribution in [0, 0.1) is 0 Å². The first kappa shape index (κ1) is 9.73. The molecule has 6 heteroatoms. The standard InChI is InChI=1S/C7H7ClN2O3/c8-5(7(12)13)4-10-6(11)2-1-3-9-10/h1-3,5H,4H2,(H,12,13). The number of aromatic nitrogens is 2. The maximum Gasteiger partial charge on any atom is 0.323 e. The van der Waals surface area contributed by atoms with Gasteiger partial charge in [0.1, 0.15) is 0 Å². The summed E-state index contributed by atoms with van der Waals surface area (Å²) in [4.78, 5) is 21.4. The third-order valence-corrected chi connectivity index (χ3v) is 1.71. The highest BCUT2D eigenvalue weighted by Crippen LogP contribution is 1.97. The number of hydrogen-bond donors (Lipinski definition) is 1. The van der Waals surface area contributed by atoms with Crippen molar-refractivity contribution in [3.8, 4) is 0 Å². The molecule has 0 aliphatic rings. The minimum atomic E-state index is -1.17. The number of rotatable bonds is 3. The number of hydrogen-bond acceptors (Lipinski definition) is 3. The quantitative estimate of drug-likeness (QED) is 0.697. The van der Waals surface area contributed by atoms with Gasteiger partial charge < -0.3 is 5.11 Å². The summed E-state index contributed by atoms with van der Waals surface area (Å²) in [6.07, 6.45) is 1.40. The van der Waals surface area contributed by atoms with Crippen molar-refractivity contribution in [2.24, 2.45) is 0 Å². The minimum Gasteiger partial charge on any atom is -0.480 e. The Hall–Kier alpha value is -1.36. The average Bonchev–Trinajstić information content (AvgIpc) is 2.08. The largest absolute Gasteiger partial charge is 0.480 e. The van der Waals surface area contributed by atoms with E-state index < -0.39 is 11.3 Å². The van der Waals surface area contributed by atoms with Crippen molar-refractivity contribution in [1.29, 1.82) is 0 Å². The van der Waals surface area contributed by atoms with E-state index in [1.807, 2.05) is 0 Å². The zero-order chi connectivity index (χ0) is 9.84. The molecule has 1 aromatic heterocycles. The van der Waals surface area contributed by atoms with Crippen LogP contribution in [0.15, 0.2) is 23.1 Å². The molecule has 1 atom stereocenters. The maximum absolute atomic E-state index is 11.0. The van der Waals surface area contributed by atoms with E-state index in [4.69, 9.17) is 16.7 Å². The van der Waals surface area contributed by atoms with Crippen molar-refractivity contribution in [3.05, 3.63) is 28.7 Å². The predicted octanol–water partition coefficient (Wildman–Crippen LogP) is -0.0647. The lowest BCUT2D eigenvalue weighted by Gasteiger charge is -2.04. The second-order valence-electron chi connectivity index (χ2n) is 2.35. The summed E-state index contributed by atoms with van der Waals surface area (Å²) in [5, 5.41) is 11.0. The van der Waals surface area contributed by atoms with Gasteiger partial charge in [-0.05, 0) is 6.07 Å². The summed E-state index contributed by atoms with van der Waals surface area (Å²) >= 11 is 5.42. The number of carboxylic acid groups (broad SMARTS) is 1. The topological polar surface area (TPSA) is 72.2 Å².